The molecule has 84 valence electrons. The van der Waals surface area contributed by atoms with Gasteiger partial charge in [0.25, 0.3) is 0 Å². The Labute approximate surface area is 90.3 Å². The summed E-state index contributed by atoms with van der Waals surface area (Å²) in [7, 11) is 0. The largest absolute Gasteiger partial charge is 0.335 e. The highest BCUT2D eigenvalue weighted by molar-refractivity contribution is 5.92. The molecule has 0 aromatic carbocycles. The van der Waals surface area contributed by atoms with E-state index in [0.717, 1.165) is 25.8 Å². The molecule has 1 heterocycles. The van der Waals surface area contributed by atoms with Crippen molar-refractivity contribution in [3.8, 4) is 0 Å². The number of carbonyl (C=O) groups excluding carboxylic acids is 2. The molecule has 1 saturated heterocycles. The third kappa shape index (κ3) is 3.73. The summed E-state index contributed by atoms with van der Waals surface area (Å²) in [6, 6.07) is 0. The molecule has 1 fully saturated rings. The molecule has 0 radical (unpaired) electrons. The zero-order valence-corrected chi connectivity index (χ0v) is 9.21. The van der Waals surface area contributed by atoms with E-state index in [-0.39, 0.29) is 11.8 Å². The fraction of sp³-hybridized carbons (Fsp3) is 0.636. The van der Waals surface area contributed by atoms with E-state index in [1.54, 1.807) is 11.8 Å². The van der Waals surface area contributed by atoms with Gasteiger partial charge in [-0.25, -0.2) is 0 Å². The lowest BCUT2D eigenvalue weighted by Crippen LogP contribution is -2.41. The molecular formula is C11H18N2O2. The molecule has 1 rings (SSSR count). The first kappa shape index (κ1) is 11.8. The molecule has 0 saturated carbocycles. The van der Waals surface area contributed by atoms with E-state index in [2.05, 4.69) is 11.9 Å². The highest BCUT2D eigenvalue weighted by Crippen LogP contribution is 2.09. The Balaban J connectivity index is 2.39. The van der Waals surface area contributed by atoms with Gasteiger partial charge in [-0.2, -0.15) is 0 Å². The lowest BCUT2D eigenvalue weighted by Gasteiger charge is -2.20. The predicted octanol–water partition coefficient (Wildman–Crippen LogP) is 1.04. The van der Waals surface area contributed by atoms with Crippen molar-refractivity contribution < 1.29 is 9.59 Å². The van der Waals surface area contributed by atoms with Gasteiger partial charge < -0.3 is 10.2 Å². The van der Waals surface area contributed by atoms with E-state index in [4.69, 9.17) is 0 Å². The summed E-state index contributed by atoms with van der Waals surface area (Å²) < 4.78 is 0. The summed E-state index contributed by atoms with van der Waals surface area (Å²) in [5.41, 5.74) is 0.470. The van der Waals surface area contributed by atoms with Gasteiger partial charge in [-0.15, -0.1) is 0 Å². The Morgan fingerprint density at radius 1 is 1.47 bits per heavy atom. The number of hydrogen-bond acceptors (Lipinski definition) is 2. The Bertz CT molecular complexity index is 274. The maximum atomic E-state index is 11.5. The number of nitrogens with one attached hydrogen (secondary N) is 1. The lowest BCUT2D eigenvalue weighted by atomic mass is 10.2. The van der Waals surface area contributed by atoms with Crippen molar-refractivity contribution >= 4 is 11.8 Å². The van der Waals surface area contributed by atoms with Crippen LogP contribution in [0.25, 0.3) is 0 Å². The predicted molar refractivity (Wildman–Crippen MR) is 58.0 cm³/mol. The quantitative estimate of drug-likeness (QED) is 0.707. The maximum absolute atomic E-state index is 11.5. The zero-order chi connectivity index (χ0) is 11.3. The molecule has 1 aliphatic heterocycles. The monoisotopic (exact) mass is 210 g/mol. The minimum Gasteiger partial charge on any atom is -0.335 e. The number of likely N-dealkylation sites (tertiary alicyclic amines) is 1. The van der Waals surface area contributed by atoms with Crippen LogP contribution in [0.2, 0.25) is 0 Å². The first-order valence-electron chi connectivity index (χ1n) is 5.32. The molecule has 0 unspecified atom stereocenters. The van der Waals surface area contributed by atoms with Crippen LogP contribution in [0.4, 0.5) is 0 Å². The zero-order valence-electron chi connectivity index (χ0n) is 9.21. The van der Waals surface area contributed by atoms with E-state index in [1.807, 2.05) is 0 Å². The number of hydrogen-bond donors (Lipinski definition) is 1. The van der Waals surface area contributed by atoms with Gasteiger partial charge in [0, 0.05) is 18.5 Å². The van der Waals surface area contributed by atoms with Gasteiger partial charge in [-0.3, -0.25) is 9.59 Å². The third-order valence-corrected chi connectivity index (χ3v) is 2.49. The number of nitrogens with zero attached hydrogens (tertiary/aromatic N) is 1. The second-order valence-corrected chi connectivity index (χ2v) is 3.91. The summed E-state index contributed by atoms with van der Waals surface area (Å²) in [4.78, 5) is 24.5. The van der Waals surface area contributed by atoms with E-state index in [1.165, 1.54) is 0 Å². The lowest BCUT2D eigenvalue weighted by molar-refractivity contribution is -0.131. The normalized spacial score (nSPS) is 17.1. The van der Waals surface area contributed by atoms with Gasteiger partial charge >= 0.3 is 0 Å². The van der Waals surface area contributed by atoms with Crippen molar-refractivity contribution in [2.75, 3.05) is 13.2 Å². The van der Waals surface area contributed by atoms with Gasteiger partial charge in [0.05, 0.1) is 6.67 Å². The molecule has 1 N–H and O–H groups in total. The maximum Gasteiger partial charge on any atom is 0.247 e. The molecule has 4 heteroatoms. The van der Waals surface area contributed by atoms with E-state index in [9.17, 15) is 9.59 Å². The van der Waals surface area contributed by atoms with Crippen LogP contribution in [0.15, 0.2) is 12.2 Å². The first-order chi connectivity index (χ1) is 7.11. The Kier molecular flexibility index (Phi) is 4.34. The molecule has 0 bridgehead atoms. The van der Waals surface area contributed by atoms with Crippen LogP contribution < -0.4 is 5.32 Å². The van der Waals surface area contributed by atoms with Crippen LogP contribution in [0.5, 0.6) is 0 Å². The molecule has 1 aliphatic rings. The summed E-state index contributed by atoms with van der Waals surface area (Å²) >= 11 is 0. The van der Waals surface area contributed by atoms with E-state index >= 15 is 0 Å². The number of carbonyl (C=O) groups is 2. The molecule has 4 nitrogen and oxygen atoms in total. The van der Waals surface area contributed by atoms with Crippen LogP contribution in [0.1, 0.15) is 32.6 Å². The molecule has 2 amide bonds. The molecular weight excluding hydrogens is 192 g/mol. The summed E-state index contributed by atoms with van der Waals surface area (Å²) in [5, 5.41) is 2.68. The topological polar surface area (TPSA) is 49.4 Å². The van der Waals surface area contributed by atoms with Crippen molar-refractivity contribution in [1.29, 1.82) is 0 Å². The van der Waals surface area contributed by atoms with Crippen LogP contribution in [-0.2, 0) is 9.59 Å². The van der Waals surface area contributed by atoms with E-state index in [0.29, 0.717) is 18.7 Å². The molecule has 0 aliphatic carbocycles. The second kappa shape index (κ2) is 5.53. The second-order valence-electron chi connectivity index (χ2n) is 3.91. The molecule has 0 aromatic heterocycles. The van der Waals surface area contributed by atoms with E-state index < -0.39 is 0 Å². The first-order valence-corrected chi connectivity index (χ1v) is 5.32. The minimum absolute atomic E-state index is 0.134. The smallest absolute Gasteiger partial charge is 0.247 e. The van der Waals surface area contributed by atoms with Crippen molar-refractivity contribution in [2.24, 2.45) is 0 Å². The van der Waals surface area contributed by atoms with Crippen LogP contribution >= 0.6 is 0 Å². The van der Waals surface area contributed by atoms with Crippen LogP contribution in [-0.4, -0.2) is 29.9 Å². The molecule has 0 spiro atoms. The highest BCUT2D eigenvalue weighted by atomic mass is 16.2. The van der Waals surface area contributed by atoms with Gasteiger partial charge in [-0.05, 0) is 19.8 Å². The van der Waals surface area contributed by atoms with Crippen LogP contribution in [0, 0.1) is 0 Å². The fourth-order valence-electron chi connectivity index (χ4n) is 1.52. The van der Waals surface area contributed by atoms with Crippen molar-refractivity contribution in [2.45, 2.75) is 32.6 Å². The molecule has 15 heavy (non-hydrogen) atoms. The van der Waals surface area contributed by atoms with Gasteiger partial charge in [0.15, 0.2) is 0 Å². The minimum atomic E-state index is -0.188. The average Bonchev–Trinajstić information content (AvgIpc) is 2.39. The van der Waals surface area contributed by atoms with Gasteiger partial charge in [0.1, 0.15) is 0 Å². The Hall–Kier alpha value is -1.32. The highest BCUT2D eigenvalue weighted by Gasteiger charge is 2.16. The number of rotatable bonds is 3. The van der Waals surface area contributed by atoms with Crippen LogP contribution in [0.3, 0.4) is 0 Å². The average molecular weight is 210 g/mol. The van der Waals surface area contributed by atoms with Crippen molar-refractivity contribution in [3.05, 3.63) is 12.2 Å². The van der Waals surface area contributed by atoms with Gasteiger partial charge in [0.2, 0.25) is 11.8 Å². The fourth-order valence-corrected chi connectivity index (χ4v) is 1.52. The van der Waals surface area contributed by atoms with Crippen molar-refractivity contribution in [1.82, 2.24) is 10.2 Å². The Morgan fingerprint density at radius 2 is 2.20 bits per heavy atom. The Morgan fingerprint density at radius 3 is 2.87 bits per heavy atom. The summed E-state index contributed by atoms with van der Waals surface area (Å²) in [5.74, 6) is -0.0541. The molecule has 0 aromatic rings. The van der Waals surface area contributed by atoms with Gasteiger partial charge in [-0.1, -0.05) is 13.0 Å². The SMILES string of the molecule is C=C(C)C(=O)NCN1CCCCCC1=O. The van der Waals surface area contributed by atoms with Crippen molar-refractivity contribution in [3.63, 3.8) is 0 Å². The summed E-state index contributed by atoms with van der Waals surface area (Å²) in [6.45, 7) is 6.25. The third-order valence-electron chi connectivity index (χ3n) is 2.49. The summed E-state index contributed by atoms with van der Waals surface area (Å²) in [6.07, 6.45) is 3.68. The molecule has 0 atom stereocenters. The standard InChI is InChI=1S/C11H18N2O2/c1-9(2)11(15)12-8-13-7-5-3-4-6-10(13)14/h1,3-8H2,2H3,(H,12,15). The number of amides is 2.